The van der Waals surface area contributed by atoms with Gasteiger partial charge in [0.15, 0.2) is 0 Å². The van der Waals surface area contributed by atoms with Crippen LogP contribution < -0.4 is 4.74 Å². The number of halogens is 1. The SMILES string of the molecule is COc1c(C)cnc(CC(O)c2ncccc2F)c1C. The van der Waals surface area contributed by atoms with E-state index < -0.39 is 11.9 Å². The van der Waals surface area contributed by atoms with Crippen molar-refractivity contribution in [2.75, 3.05) is 7.11 Å². The van der Waals surface area contributed by atoms with Gasteiger partial charge in [-0.2, -0.15) is 0 Å². The molecule has 0 aliphatic carbocycles. The van der Waals surface area contributed by atoms with Crippen molar-refractivity contribution in [2.24, 2.45) is 0 Å². The summed E-state index contributed by atoms with van der Waals surface area (Å²) in [5.41, 5.74) is 2.48. The average Bonchev–Trinajstić information content (AvgIpc) is 2.43. The summed E-state index contributed by atoms with van der Waals surface area (Å²) < 4.78 is 18.9. The van der Waals surface area contributed by atoms with Crippen molar-refractivity contribution in [1.82, 2.24) is 9.97 Å². The Bertz CT molecular complexity index is 617. The first-order valence-electron chi connectivity index (χ1n) is 6.32. The van der Waals surface area contributed by atoms with Crippen LogP contribution in [0, 0.1) is 19.7 Å². The quantitative estimate of drug-likeness (QED) is 0.932. The molecule has 20 heavy (non-hydrogen) atoms. The first kappa shape index (κ1) is 14.4. The van der Waals surface area contributed by atoms with Crippen LogP contribution in [0.15, 0.2) is 24.5 Å². The van der Waals surface area contributed by atoms with E-state index in [0.717, 1.165) is 16.9 Å². The molecule has 0 aromatic carbocycles. The maximum Gasteiger partial charge on any atom is 0.147 e. The summed E-state index contributed by atoms with van der Waals surface area (Å²) in [5.74, 6) is 0.223. The lowest BCUT2D eigenvalue weighted by Crippen LogP contribution is -2.10. The van der Waals surface area contributed by atoms with Crippen molar-refractivity contribution in [2.45, 2.75) is 26.4 Å². The van der Waals surface area contributed by atoms with Gasteiger partial charge in [-0.1, -0.05) is 0 Å². The molecule has 106 valence electrons. The highest BCUT2D eigenvalue weighted by atomic mass is 19.1. The van der Waals surface area contributed by atoms with Gasteiger partial charge in [0, 0.05) is 35.6 Å². The summed E-state index contributed by atoms with van der Waals surface area (Å²) >= 11 is 0. The Morgan fingerprint density at radius 1 is 1.35 bits per heavy atom. The van der Waals surface area contributed by atoms with E-state index in [1.807, 2.05) is 13.8 Å². The lowest BCUT2D eigenvalue weighted by atomic mass is 10.0. The number of aryl methyl sites for hydroxylation is 1. The zero-order valence-corrected chi connectivity index (χ0v) is 11.7. The Morgan fingerprint density at radius 2 is 2.10 bits per heavy atom. The van der Waals surface area contributed by atoms with Gasteiger partial charge in [0.25, 0.3) is 0 Å². The molecule has 1 unspecified atom stereocenters. The minimum Gasteiger partial charge on any atom is -0.496 e. The second-order valence-electron chi connectivity index (χ2n) is 4.64. The van der Waals surface area contributed by atoms with Gasteiger partial charge >= 0.3 is 0 Å². The van der Waals surface area contributed by atoms with Crippen molar-refractivity contribution >= 4 is 0 Å². The van der Waals surface area contributed by atoms with E-state index in [-0.39, 0.29) is 12.1 Å². The third-order valence-electron chi connectivity index (χ3n) is 3.24. The highest BCUT2D eigenvalue weighted by molar-refractivity contribution is 5.41. The van der Waals surface area contributed by atoms with E-state index in [1.165, 1.54) is 18.3 Å². The smallest absolute Gasteiger partial charge is 0.147 e. The van der Waals surface area contributed by atoms with Gasteiger partial charge in [0.05, 0.1) is 7.11 Å². The molecule has 0 saturated heterocycles. The van der Waals surface area contributed by atoms with Gasteiger partial charge in [-0.3, -0.25) is 9.97 Å². The lowest BCUT2D eigenvalue weighted by Gasteiger charge is -2.15. The van der Waals surface area contributed by atoms with E-state index in [9.17, 15) is 9.50 Å². The molecule has 0 bridgehead atoms. The van der Waals surface area contributed by atoms with Gasteiger partial charge in [-0.15, -0.1) is 0 Å². The molecule has 0 aliphatic heterocycles. The van der Waals surface area contributed by atoms with E-state index in [1.54, 1.807) is 13.3 Å². The lowest BCUT2D eigenvalue weighted by molar-refractivity contribution is 0.166. The molecular weight excluding hydrogens is 259 g/mol. The molecule has 0 aliphatic rings. The number of nitrogens with zero attached hydrogens (tertiary/aromatic N) is 2. The summed E-state index contributed by atoms with van der Waals surface area (Å²) in [6.45, 7) is 3.77. The van der Waals surface area contributed by atoms with Gasteiger partial charge in [-0.05, 0) is 26.0 Å². The first-order valence-corrected chi connectivity index (χ1v) is 6.32. The van der Waals surface area contributed by atoms with E-state index in [0.29, 0.717) is 5.69 Å². The van der Waals surface area contributed by atoms with Crippen LogP contribution >= 0.6 is 0 Å². The van der Waals surface area contributed by atoms with Crippen LogP contribution in [0.5, 0.6) is 5.75 Å². The zero-order chi connectivity index (χ0) is 14.7. The number of hydrogen-bond donors (Lipinski definition) is 1. The second kappa shape index (κ2) is 5.96. The van der Waals surface area contributed by atoms with Crippen LogP contribution in [0.25, 0.3) is 0 Å². The molecule has 0 fully saturated rings. The van der Waals surface area contributed by atoms with Crippen molar-refractivity contribution < 1.29 is 14.2 Å². The van der Waals surface area contributed by atoms with Gasteiger partial charge in [-0.25, -0.2) is 4.39 Å². The largest absolute Gasteiger partial charge is 0.496 e. The molecule has 0 amide bonds. The van der Waals surface area contributed by atoms with Crippen LogP contribution in [-0.2, 0) is 6.42 Å². The molecule has 4 nitrogen and oxygen atoms in total. The summed E-state index contributed by atoms with van der Waals surface area (Å²) in [5, 5.41) is 10.1. The van der Waals surface area contributed by atoms with Crippen LogP contribution in [0.1, 0.15) is 28.6 Å². The fraction of sp³-hybridized carbons (Fsp3) is 0.333. The van der Waals surface area contributed by atoms with Crippen molar-refractivity contribution in [3.63, 3.8) is 0 Å². The van der Waals surface area contributed by atoms with Gasteiger partial charge < -0.3 is 9.84 Å². The number of aliphatic hydroxyl groups excluding tert-OH is 1. The molecule has 0 spiro atoms. The molecule has 2 aromatic rings. The number of hydrogen-bond acceptors (Lipinski definition) is 4. The van der Waals surface area contributed by atoms with Gasteiger partial charge in [0.1, 0.15) is 23.4 Å². The maximum absolute atomic E-state index is 13.6. The minimum atomic E-state index is -1.03. The molecule has 2 rings (SSSR count). The third kappa shape index (κ3) is 2.77. The average molecular weight is 276 g/mol. The van der Waals surface area contributed by atoms with Crippen LogP contribution in [0.2, 0.25) is 0 Å². The molecular formula is C15H17FN2O2. The molecule has 2 aromatic heterocycles. The highest BCUT2D eigenvalue weighted by Gasteiger charge is 2.18. The van der Waals surface area contributed by atoms with Crippen molar-refractivity contribution in [3.8, 4) is 5.75 Å². The first-order chi connectivity index (χ1) is 9.54. The zero-order valence-electron chi connectivity index (χ0n) is 11.7. The van der Waals surface area contributed by atoms with E-state index >= 15 is 0 Å². The summed E-state index contributed by atoms with van der Waals surface area (Å²) in [6.07, 6.45) is 2.30. The normalized spacial score (nSPS) is 12.2. The number of methoxy groups -OCH3 is 1. The van der Waals surface area contributed by atoms with Crippen LogP contribution in [-0.4, -0.2) is 22.2 Å². The number of pyridine rings is 2. The Hall–Kier alpha value is -2.01. The summed E-state index contributed by atoms with van der Waals surface area (Å²) in [7, 11) is 1.59. The standard InChI is InChI=1S/C15H17FN2O2/c1-9-8-18-12(10(2)15(9)20-3)7-13(19)14-11(16)5-4-6-17-14/h4-6,8,13,19H,7H2,1-3H3. The predicted octanol–water partition coefficient (Wildman–Crippen LogP) is 2.52. The number of ether oxygens (including phenoxy) is 1. The fourth-order valence-electron chi connectivity index (χ4n) is 2.20. The fourth-order valence-corrected chi connectivity index (χ4v) is 2.20. The molecule has 0 saturated carbocycles. The second-order valence-corrected chi connectivity index (χ2v) is 4.64. The topological polar surface area (TPSA) is 55.2 Å². The maximum atomic E-state index is 13.6. The number of rotatable bonds is 4. The summed E-state index contributed by atoms with van der Waals surface area (Å²) in [4.78, 5) is 8.17. The number of aliphatic hydroxyl groups is 1. The number of aromatic nitrogens is 2. The van der Waals surface area contributed by atoms with E-state index in [4.69, 9.17) is 4.74 Å². The molecule has 2 heterocycles. The predicted molar refractivity (Wildman–Crippen MR) is 73.1 cm³/mol. The highest BCUT2D eigenvalue weighted by Crippen LogP contribution is 2.27. The summed E-state index contributed by atoms with van der Waals surface area (Å²) in [6, 6.07) is 2.77. The molecule has 0 radical (unpaired) electrons. The van der Waals surface area contributed by atoms with Crippen molar-refractivity contribution in [3.05, 3.63) is 52.9 Å². The molecule has 1 N–H and O–H groups in total. The minimum absolute atomic E-state index is 0.0354. The Balaban J connectivity index is 2.29. The Morgan fingerprint density at radius 3 is 2.75 bits per heavy atom. The van der Waals surface area contributed by atoms with E-state index in [2.05, 4.69) is 9.97 Å². The Labute approximate surface area is 117 Å². The monoisotopic (exact) mass is 276 g/mol. The third-order valence-corrected chi connectivity index (χ3v) is 3.24. The molecule has 5 heteroatoms. The molecule has 1 atom stereocenters. The van der Waals surface area contributed by atoms with Crippen molar-refractivity contribution in [1.29, 1.82) is 0 Å². The van der Waals surface area contributed by atoms with Crippen LogP contribution in [0.3, 0.4) is 0 Å². The Kier molecular flexibility index (Phi) is 4.29. The van der Waals surface area contributed by atoms with Gasteiger partial charge in [0.2, 0.25) is 0 Å². The van der Waals surface area contributed by atoms with Crippen LogP contribution in [0.4, 0.5) is 4.39 Å².